The third-order valence-corrected chi connectivity index (χ3v) is 5.40. The van der Waals surface area contributed by atoms with E-state index in [0.29, 0.717) is 43.1 Å². The van der Waals surface area contributed by atoms with Crippen molar-refractivity contribution in [3.05, 3.63) is 59.2 Å². The van der Waals surface area contributed by atoms with Crippen LogP contribution in [0.4, 0.5) is 0 Å². The first-order valence-electron chi connectivity index (χ1n) is 11.0. The summed E-state index contributed by atoms with van der Waals surface area (Å²) in [6.45, 7) is 2.76. The first-order valence-corrected chi connectivity index (χ1v) is 11.0. The molecule has 8 nitrogen and oxygen atoms in total. The maximum Gasteiger partial charge on any atom is 0.264 e. The van der Waals surface area contributed by atoms with Gasteiger partial charge in [0.05, 0.1) is 20.3 Å². The summed E-state index contributed by atoms with van der Waals surface area (Å²) in [7, 11) is 1.55. The molecule has 1 heterocycles. The van der Waals surface area contributed by atoms with Gasteiger partial charge in [0.2, 0.25) is 0 Å². The predicted octanol–water partition coefficient (Wildman–Crippen LogP) is 3.14. The summed E-state index contributed by atoms with van der Waals surface area (Å²) in [5, 5.41) is 18.9. The minimum absolute atomic E-state index is 0.00933. The molecule has 2 aromatic rings. The molecule has 0 radical (unpaired) electrons. The van der Waals surface area contributed by atoms with Crippen LogP contribution in [0.15, 0.2) is 48.0 Å². The second kappa shape index (κ2) is 11.9. The molecule has 1 saturated heterocycles. The zero-order valence-corrected chi connectivity index (χ0v) is 19.3. The Balaban J connectivity index is 1.61. The van der Waals surface area contributed by atoms with Crippen LogP contribution in [0.25, 0.3) is 6.08 Å². The van der Waals surface area contributed by atoms with Crippen LogP contribution in [0.1, 0.15) is 24.5 Å². The number of benzene rings is 2. The molecule has 0 aliphatic carbocycles. The van der Waals surface area contributed by atoms with Gasteiger partial charge in [-0.1, -0.05) is 18.2 Å². The lowest BCUT2D eigenvalue weighted by molar-refractivity contribution is -0.135. The number of amides is 1. The third-order valence-electron chi connectivity index (χ3n) is 5.40. The highest BCUT2D eigenvalue weighted by molar-refractivity contribution is 6.01. The molecule has 8 heteroatoms. The molecule has 0 saturated carbocycles. The number of carbonyl (C=O) groups excluding carboxylic acids is 2. The topological polar surface area (TPSA) is 109 Å². The number of aromatic hydroxyl groups is 1. The summed E-state index contributed by atoms with van der Waals surface area (Å²) >= 11 is 0. The number of rotatable bonds is 9. The number of Topliss-reactive ketones (excluding diaryl/α,β-unsaturated/α-hetero) is 1. The van der Waals surface area contributed by atoms with Crippen LogP contribution in [0.3, 0.4) is 0 Å². The summed E-state index contributed by atoms with van der Waals surface area (Å²) in [5.74, 6) is 0.974. The van der Waals surface area contributed by atoms with Crippen molar-refractivity contribution < 1.29 is 28.9 Å². The highest BCUT2D eigenvalue weighted by atomic mass is 16.5. The van der Waals surface area contributed by atoms with Gasteiger partial charge < -0.3 is 29.0 Å². The Morgan fingerprint density at radius 1 is 1.24 bits per heavy atom. The second-order valence-corrected chi connectivity index (χ2v) is 8.00. The summed E-state index contributed by atoms with van der Waals surface area (Å²) < 4.78 is 17.1. The van der Waals surface area contributed by atoms with Crippen molar-refractivity contribution in [1.82, 2.24) is 4.90 Å². The van der Waals surface area contributed by atoms with Crippen molar-refractivity contribution in [2.45, 2.75) is 25.9 Å². The molecule has 1 unspecified atom stereocenters. The van der Waals surface area contributed by atoms with Crippen molar-refractivity contribution in [1.29, 1.82) is 5.26 Å². The number of nitriles is 1. The second-order valence-electron chi connectivity index (χ2n) is 8.00. The number of phenolic OH excluding ortho intramolecular Hbond substituents is 1. The SMILES string of the molecule is COc1cc(CCC(C)=O)ccc1OCC1CN(C(=O)/C(C#N)=C/c2ccc(O)cc2)CCO1. The lowest BCUT2D eigenvalue weighted by atomic mass is 10.1. The van der Waals surface area contributed by atoms with E-state index in [9.17, 15) is 20.0 Å². The van der Waals surface area contributed by atoms with Crippen LogP contribution in [-0.4, -0.2) is 61.2 Å². The van der Waals surface area contributed by atoms with Crippen LogP contribution < -0.4 is 9.47 Å². The largest absolute Gasteiger partial charge is 0.508 e. The van der Waals surface area contributed by atoms with Crippen LogP contribution in [0.5, 0.6) is 17.2 Å². The normalized spacial score (nSPS) is 16.0. The molecule has 1 amide bonds. The van der Waals surface area contributed by atoms with Crippen molar-refractivity contribution in [3.63, 3.8) is 0 Å². The summed E-state index contributed by atoms with van der Waals surface area (Å²) in [4.78, 5) is 25.7. The number of phenols is 1. The molecule has 2 aromatic carbocycles. The van der Waals surface area contributed by atoms with E-state index in [-0.39, 0.29) is 42.3 Å². The van der Waals surface area contributed by atoms with Crippen molar-refractivity contribution in [2.24, 2.45) is 0 Å². The number of morpholine rings is 1. The fourth-order valence-corrected chi connectivity index (χ4v) is 3.54. The highest BCUT2D eigenvalue weighted by Crippen LogP contribution is 2.29. The molecular formula is C26H28N2O6. The molecule has 0 aromatic heterocycles. The molecule has 0 spiro atoms. The molecule has 178 valence electrons. The molecule has 1 aliphatic heterocycles. The van der Waals surface area contributed by atoms with Crippen molar-refractivity contribution in [2.75, 3.05) is 33.4 Å². The van der Waals surface area contributed by atoms with Gasteiger partial charge in [0.1, 0.15) is 35.9 Å². The number of ether oxygens (including phenoxy) is 3. The summed E-state index contributed by atoms with van der Waals surface area (Å²) in [6.07, 6.45) is 2.23. The zero-order chi connectivity index (χ0) is 24.5. The molecule has 34 heavy (non-hydrogen) atoms. The average molecular weight is 465 g/mol. The smallest absolute Gasteiger partial charge is 0.264 e. The number of methoxy groups -OCH3 is 1. The van der Waals surface area contributed by atoms with E-state index >= 15 is 0 Å². The monoisotopic (exact) mass is 464 g/mol. The van der Waals surface area contributed by atoms with Gasteiger partial charge >= 0.3 is 0 Å². The fourth-order valence-electron chi connectivity index (χ4n) is 3.54. The van der Waals surface area contributed by atoms with Gasteiger partial charge in [-0.15, -0.1) is 0 Å². The van der Waals surface area contributed by atoms with E-state index in [0.717, 1.165) is 5.56 Å². The average Bonchev–Trinajstić information content (AvgIpc) is 2.85. The van der Waals surface area contributed by atoms with Crippen molar-refractivity contribution >= 4 is 17.8 Å². The van der Waals surface area contributed by atoms with Crippen molar-refractivity contribution in [3.8, 4) is 23.3 Å². The zero-order valence-electron chi connectivity index (χ0n) is 19.3. The fraction of sp³-hybridized carbons (Fsp3) is 0.346. The molecule has 1 atom stereocenters. The predicted molar refractivity (Wildman–Crippen MR) is 126 cm³/mol. The number of hydrogen-bond acceptors (Lipinski definition) is 7. The highest BCUT2D eigenvalue weighted by Gasteiger charge is 2.27. The van der Waals surface area contributed by atoms with Gasteiger partial charge in [-0.05, 0) is 54.8 Å². The summed E-state index contributed by atoms with van der Waals surface area (Å²) in [5.41, 5.74) is 1.64. The van der Waals surface area contributed by atoms with Gasteiger partial charge in [-0.3, -0.25) is 4.79 Å². The number of aryl methyl sites for hydroxylation is 1. The van der Waals surface area contributed by atoms with Crippen LogP contribution >= 0.6 is 0 Å². The Labute approximate surface area is 199 Å². The maximum absolute atomic E-state index is 12.9. The lowest BCUT2D eigenvalue weighted by Crippen LogP contribution is -2.48. The van der Waals surface area contributed by atoms with E-state index < -0.39 is 0 Å². The van der Waals surface area contributed by atoms with E-state index in [1.54, 1.807) is 37.1 Å². The van der Waals surface area contributed by atoms with E-state index in [2.05, 4.69) is 0 Å². The number of hydrogen-bond donors (Lipinski definition) is 1. The molecule has 1 aliphatic rings. The van der Waals surface area contributed by atoms with E-state index in [1.165, 1.54) is 18.2 Å². The molecular weight excluding hydrogens is 436 g/mol. The molecule has 3 rings (SSSR count). The van der Waals surface area contributed by atoms with E-state index in [4.69, 9.17) is 14.2 Å². The molecule has 0 bridgehead atoms. The minimum Gasteiger partial charge on any atom is -0.508 e. The van der Waals surface area contributed by atoms with Crippen LogP contribution in [0, 0.1) is 11.3 Å². The Morgan fingerprint density at radius 3 is 2.68 bits per heavy atom. The number of nitrogens with zero attached hydrogens (tertiary/aromatic N) is 2. The van der Waals surface area contributed by atoms with Gasteiger partial charge in [0.25, 0.3) is 5.91 Å². The molecule has 1 N–H and O–H groups in total. The Hall–Kier alpha value is -3.83. The Kier molecular flexibility index (Phi) is 8.66. The first kappa shape index (κ1) is 24.8. The van der Waals surface area contributed by atoms with Gasteiger partial charge in [0, 0.05) is 13.0 Å². The number of ketones is 1. The van der Waals surface area contributed by atoms with Gasteiger partial charge in [-0.2, -0.15) is 5.26 Å². The quantitative estimate of drug-likeness (QED) is 0.449. The molecule has 1 fully saturated rings. The Bertz CT molecular complexity index is 1090. The minimum atomic E-state index is -0.378. The lowest BCUT2D eigenvalue weighted by Gasteiger charge is -2.32. The van der Waals surface area contributed by atoms with Crippen LogP contribution in [0.2, 0.25) is 0 Å². The first-order chi connectivity index (χ1) is 16.4. The third kappa shape index (κ3) is 6.83. The maximum atomic E-state index is 12.9. The van der Waals surface area contributed by atoms with Gasteiger partial charge in [-0.25, -0.2) is 0 Å². The van der Waals surface area contributed by atoms with E-state index in [1.807, 2.05) is 18.2 Å². The number of carbonyl (C=O) groups is 2. The Morgan fingerprint density at radius 2 is 2.00 bits per heavy atom. The van der Waals surface area contributed by atoms with Gasteiger partial charge in [0.15, 0.2) is 11.5 Å². The van der Waals surface area contributed by atoms with Crippen LogP contribution in [-0.2, 0) is 20.7 Å². The standard InChI is InChI=1S/C26H28N2O6/c1-18(29)3-4-20-7-10-24(25(14-20)32-2)34-17-23-16-28(11-12-33-23)26(31)21(15-27)13-19-5-8-22(30)9-6-19/h5-10,13-14,23,30H,3-4,11-12,16-17H2,1-2H3/b21-13+. The summed E-state index contributed by atoms with van der Waals surface area (Å²) in [6, 6.07) is 13.8.